The Hall–Kier alpha value is -1.62. The summed E-state index contributed by atoms with van der Waals surface area (Å²) in [5, 5.41) is 2.12. The zero-order chi connectivity index (χ0) is 15.8. The number of nitrogens with zero attached hydrogens (tertiary/aromatic N) is 1. The van der Waals surface area contributed by atoms with E-state index in [1.165, 1.54) is 21.8 Å². The van der Waals surface area contributed by atoms with Gasteiger partial charge in [0.25, 0.3) is 5.91 Å². The first-order valence-electron chi connectivity index (χ1n) is 7.41. The molecule has 0 saturated heterocycles. The van der Waals surface area contributed by atoms with Gasteiger partial charge in [0.2, 0.25) is 0 Å². The lowest BCUT2D eigenvalue weighted by Gasteiger charge is -2.36. The summed E-state index contributed by atoms with van der Waals surface area (Å²) in [6.07, 6.45) is 0.918. The Bertz CT molecular complexity index is 840. The predicted molar refractivity (Wildman–Crippen MR) is 96.7 cm³/mol. The van der Waals surface area contributed by atoms with Gasteiger partial charge in [0.05, 0.1) is 15.3 Å². The van der Waals surface area contributed by atoms with Crippen LogP contribution in [-0.2, 0) is 6.42 Å². The third-order valence-electron chi connectivity index (χ3n) is 4.13. The monoisotopic (exact) mass is 359 g/mol. The van der Waals surface area contributed by atoms with Crippen LogP contribution in [0.15, 0.2) is 53.9 Å². The van der Waals surface area contributed by atoms with Crippen LogP contribution in [-0.4, -0.2) is 17.4 Å². The number of amides is 1. The maximum Gasteiger partial charge on any atom is 0.264 e. The van der Waals surface area contributed by atoms with Crippen molar-refractivity contribution >= 4 is 40.2 Å². The highest BCUT2D eigenvalue weighted by Gasteiger charge is 2.33. The molecule has 2 nitrogen and oxygen atoms in total. The molecular weight excluding hydrogens is 346 g/mol. The molecule has 0 spiro atoms. The summed E-state index contributed by atoms with van der Waals surface area (Å²) in [5.74, 6) is 0.0626. The number of fused-ring (bicyclic) bond motifs is 1. The number of benzene rings is 1. The second kappa shape index (κ2) is 6.11. The van der Waals surface area contributed by atoms with Crippen molar-refractivity contribution in [3.63, 3.8) is 0 Å². The molecule has 23 heavy (non-hydrogen) atoms. The first kappa shape index (κ1) is 14.9. The van der Waals surface area contributed by atoms with Crippen LogP contribution in [0.4, 0.5) is 0 Å². The lowest BCUT2D eigenvalue weighted by molar-refractivity contribution is 0.0701. The third-order valence-corrected chi connectivity index (χ3v) is 6.34. The van der Waals surface area contributed by atoms with E-state index in [-0.39, 0.29) is 11.9 Å². The summed E-state index contributed by atoms with van der Waals surface area (Å²) in [6.45, 7) is 0.738. The zero-order valence-corrected chi connectivity index (χ0v) is 14.6. The SMILES string of the molecule is O=C(c1ccc(Cl)s1)N1CCc2sccc2C1c1ccccc1. The Morgan fingerprint density at radius 3 is 2.70 bits per heavy atom. The van der Waals surface area contributed by atoms with Crippen molar-refractivity contribution < 1.29 is 4.79 Å². The fourth-order valence-electron chi connectivity index (χ4n) is 3.10. The molecule has 1 aliphatic heterocycles. The van der Waals surface area contributed by atoms with Crippen molar-refractivity contribution in [2.75, 3.05) is 6.54 Å². The number of hydrogen-bond donors (Lipinski definition) is 0. The number of hydrogen-bond acceptors (Lipinski definition) is 3. The van der Waals surface area contributed by atoms with E-state index in [0.717, 1.165) is 18.5 Å². The van der Waals surface area contributed by atoms with Crippen LogP contribution in [0.2, 0.25) is 4.34 Å². The van der Waals surface area contributed by atoms with Gasteiger partial charge in [-0.1, -0.05) is 41.9 Å². The predicted octanol–water partition coefficient (Wildman–Crippen LogP) is 5.25. The van der Waals surface area contributed by atoms with Crippen LogP contribution in [0, 0.1) is 0 Å². The van der Waals surface area contributed by atoms with Crippen LogP contribution in [0.1, 0.15) is 31.7 Å². The molecule has 3 aromatic rings. The van der Waals surface area contributed by atoms with E-state index >= 15 is 0 Å². The molecule has 1 aromatic carbocycles. The Balaban J connectivity index is 1.78. The molecule has 0 aliphatic carbocycles. The van der Waals surface area contributed by atoms with Gasteiger partial charge in [0.1, 0.15) is 0 Å². The van der Waals surface area contributed by atoms with E-state index < -0.39 is 0 Å². The van der Waals surface area contributed by atoms with E-state index in [1.807, 2.05) is 29.2 Å². The summed E-state index contributed by atoms with van der Waals surface area (Å²) in [6, 6.07) is 16.0. The Morgan fingerprint density at radius 2 is 1.96 bits per heavy atom. The van der Waals surface area contributed by atoms with Gasteiger partial charge in [-0.25, -0.2) is 0 Å². The molecule has 1 amide bonds. The minimum absolute atomic E-state index is 0.0143. The molecule has 0 N–H and O–H groups in total. The largest absolute Gasteiger partial charge is 0.326 e. The van der Waals surface area contributed by atoms with Crippen molar-refractivity contribution in [3.05, 3.63) is 79.1 Å². The van der Waals surface area contributed by atoms with Crippen molar-refractivity contribution in [1.82, 2.24) is 4.90 Å². The van der Waals surface area contributed by atoms with Gasteiger partial charge >= 0.3 is 0 Å². The minimum Gasteiger partial charge on any atom is -0.326 e. The minimum atomic E-state index is -0.0143. The molecule has 4 rings (SSSR count). The normalized spacial score (nSPS) is 17.1. The molecule has 1 aliphatic rings. The van der Waals surface area contributed by atoms with Gasteiger partial charge in [-0.05, 0) is 41.1 Å². The van der Waals surface area contributed by atoms with E-state index in [4.69, 9.17) is 11.6 Å². The summed E-state index contributed by atoms with van der Waals surface area (Å²) in [4.78, 5) is 17.1. The topological polar surface area (TPSA) is 20.3 Å². The summed E-state index contributed by atoms with van der Waals surface area (Å²) in [7, 11) is 0. The first-order chi connectivity index (χ1) is 11.2. The zero-order valence-electron chi connectivity index (χ0n) is 12.2. The second-order valence-electron chi connectivity index (χ2n) is 5.46. The fourth-order valence-corrected chi connectivity index (χ4v) is 5.00. The molecule has 5 heteroatoms. The maximum absolute atomic E-state index is 13.0. The first-order valence-corrected chi connectivity index (χ1v) is 9.49. The van der Waals surface area contributed by atoms with Crippen molar-refractivity contribution in [3.8, 4) is 0 Å². The van der Waals surface area contributed by atoms with Gasteiger partial charge < -0.3 is 4.90 Å². The average molecular weight is 360 g/mol. The highest BCUT2D eigenvalue weighted by Crippen LogP contribution is 2.39. The molecule has 2 aromatic heterocycles. The fraction of sp³-hybridized carbons (Fsp3) is 0.167. The lowest BCUT2D eigenvalue weighted by Crippen LogP contribution is -2.39. The molecule has 0 radical (unpaired) electrons. The number of carbonyl (C=O) groups is 1. The van der Waals surface area contributed by atoms with Crippen LogP contribution in [0.25, 0.3) is 0 Å². The van der Waals surface area contributed by atoms with Gasteiger partial charge in [0, 0.05) is 11.4 Å². The lowest BCUT2D eigenvalue weighted by atomic mass is 9.93. The smallest absolute Gasteiger partial charge is 0.264 e. The molecule has 0 bridgehead atoms. The number of halogens is 1. The second-order valence-corrected chi connectivity index (χ2v) is 8.18. The molecule has 1 atom stereocenters. The van der Waals surface area contributed by atoms with Crippen molar-refractivity contribution in [2.24, 2.45) is 0 Å². The highest BCUT2D eigenvalue weighted by molar-refractivity contribution is 7.18. The highest BCUT2D eigenvalue weighted by atomic mass is 35.5. The van der Waals surface area contributed by atoms with Crippen LogP contribution in [0.3, 0.4) is 0 Å². The molecule has 116 valence electrons. The van der Waals surface area contributed by atoms with Gasteiger partial charge in [-0.15, -0.1) is 22.7 Å². The quantitative estimate of drug-likeness (QED) is 0.611. The van der Waals surface area contributed by atoms with Crippen molar-refractivity contribution in [1.29, 1.82) is 0 Å². The molecular formula is C18H14ClNOS2. The van der Waals surface area contributed by atoms with Gasteiger partial charge in [0.15, 0.2) is 0 Å². The number of carbonyl (C=O) groups excluding carboxylic acids is 1. The van der Waals surface area contributed by atoms with Crippen molar-refractivity contribution in [2.45, 2.75) is 12.5 Å². The molecule has 0 saturated carbocycles. The van der Waals surface area contributed by atoms with Crippen LogP contribution < -0.4 is 0 Å². The maximum atomic E-state index is 13.0. The van der Waals surface area contributed by atoms with Crippen LogP contribution >= 0.6 is 34.3 Å². The summed E-state index contributed by atoms with van der Waals surface area (Å²) < 4.78 is 0.651. The van der Waals surface area contributed by atoms with E-state index in [1.54, 1.807) is 17.4 Å². The van der Waals surface area contributed by atoms with E-state index in [2.05, 4.69) is 23.6 Å². The van der Waals surface area contributed by atoms with Crippen LogP contribution in [0.5, 0.6) is 0 Å². The molecule has 0 fully saturated rings. The standard InChI is InChI=1S/C18H14ClNOS2/c19-16-7-6-15(23-16)18(21)20-10-8-14-13(9-11-22-14)17(20)12-4-2-1-3-5-12/h1-7,9,11,17H,8,10H2. The average Bonchev–Trinajstić information content (AvgIpc) is 3.22. The summed E-state index contributed by atoms with van der Waals surface area (Å²) >= 11 is 9.14. The molecule has 3 heterocycles. The Kier molecular flexibility index (Phi) is 3.97. The number of thiophene rings is 2. The van der Waals surface area contributed by atoms with Gasteiger partial charge in [-0.2, -0.15) is 0 Å². The third kappa shape index (κ3) is 2.71. The Morgan fingerprint density at radius 1 is 1.13 bits per heavy atom. The Labute approximate surface area is 148 Å². The molecule has 1 unspecified atom stereocenters. The van der Waals surface area contributed by atoms with E-state index in [9.17, 15) is 4.79 Å². The van der Waals surface area contributed by atoms with Gasteiger partial charge in [-0.3, -0.25) is 4.79 Å². The summed E-state index contributed by atoms with van der Waals surface area (Å²) in [5.41, 5.74) is 2.41. The van der Waals surface area contributed by atoms with E-state index in [0.29, 0.717) is 9.21 Å². The number of rotatable bonds is 2.